The highest BCUT2D eigenvalue weighted by atomic mass is 32.1. The summed E-state index contributed by atoms with van der Waals surface area (Å²) in [5.74, 6) is 0.673. The average Bonchev–Trinajstić information content (AvgIpc) is 2.83. The molecular formula is C14H11N3O2S. The quantitative estimate of drug-likeness (QED) is 0.536. The van der Waals surface area contributed by atoms with Gasteiger partial charge in [0.15, 0.2) is 0 Å². The average molecular weight is 285 g/mol. The third kappa shape index (κ3) is 2.37. The Bertz CT molecular complexity index is 864. The molecule has 0 aliphatic heterocycles. The SMILES string of the molecule is C/C(=N\c1nc(C)ns1)c1cc2ccccc2oc1=O. The summed E-state index contributed by atoms with van der Waals surface area (Å²) in [5.41, 5.74) is 1.18. The monoisotopic (exact) mass is 285 g/mol. The minimum Gasteiger partial charge on any atom is -0.422 e. The maximum Gasteiger partial charge on any atom is 0.345 e. The fraction of sp³-hybridized carbons (Fsp3) is 0.143. The molecule has 0 saturated carbocycles. The van der Waals surface area contributed by atoms with E-state index >= 15 is 0 Å². The summed E-state index contributed by atoms with van der Waals surface area (Å²) in [6, 6.07) is 9.17. The Morgan fingerprint density at radius 1 is 1.35 bits per heavy atom. The summed E-state index contributed by atoms with van der Waals surface area (Å²) >= 11 is 1.20. The Morgan fingerprint density at radius 3 is 2.90 bits per heavy atom. The van der Waals surface area contributed by atoms with Crippen molar-refractivity contribution in [2.24, 2.45) is 4.99 Å². The zero-order valence-electron chi connectivity index (χ0n) is 11.0. The molecule has 2 aromatic heterocycles. The number of aryl methyl sites for hydroxylation is 1. The lowest BCUT2D eigenvalue weighted by Crippen LogP contribution is -2.11. The summed E-state index contributed by atoms with van der Waals surface area (Å²) in [7, 11) is 0. The number of hydrogen-bond acceptors (Lipinski definition) is 6. The molecule has 0 fully saturated rings. The Labute approximate surface area is 118 Å². The highest BCUT2D eigenvalue weighted by molar-refractivity contribution is 7.09. The molecule has 3 aromatic rings. The van der Waals surface area contributed by atoms with Gasteiger partial charge in [0, 0.05) is 16.9 Å². The van der Waals surface area contributed by atoms with E-state index in [9.17, 15) is 4.79 Å². The van der Waals surface area contributed by atoms with Crippen molar-refractivity contribution in [3.63, 3.8) is 0 Å². The predicted octanol–water partition coefficient (Wildman–Crippen LogP) is 3.09. The first-order chi connectivity index (χ1) is 9.63. The van der Waals surface area contributed by atoms with Crippen LogP contribution in [0.4, 0.5) is 5.13 Å². The minimum absolute atomic E-state index is 0.397. The molecule has 0 bridgehead atoms. The third-order valence-corrected chi connectivity index (χ3v) is 3.51. The van der Waals surface area contributed by atoms with Crippen LogP contribution in [0.5, 0.6) is 0 Å². The molecule has 2 heterocycles. The van der Waals surface area contributed by atoms with Gasteiger partial charge in [-0.2, -0.15) is 4.37 Å². The van der Waals surface area contributed by atoms with Crippen LogP contribution >= 0.6 is 11.5 Å². The summed E-state index contributed by atoms with van der Waals surface area (Å²) in [6.45, 7) is 3.56. The van der Waals surface area contributed by atoms with E-state index in [-0.39, 0.29) is 0 Å². The van der Waals surface area contributed by atoms with E-state index in [0.717, 1.165) is 5.39 Å². The van der Waals surface area contributed by atoms with Gasteiger partial charge in [0.05, 0.1) is 11.3 Å². The van der Waals surface area contributed by atoms with Gasteiger partial charge >= 0.3 is 5.63 Å². The van der Waals surface area contributed by atoms with E-state index in [4.69, 9.17) is 4.42 Å². The molecule has 3 rings (SSSR count). The largest absolute Gasteiger partial charge is 0.422 e. The van der Waals surface area contributed by atoms with Crippen LogP contribution in [0.2, 0.25) is 0 Å². The number of nitrogens with zero attached hydrogens (tertiary/aromatic N) is 3. The first-order valence-corrected chi connectivity index (χ1v) is 6.80. The van der Waals surface area contributed by atoms with Crippen LogP contribution in [0.25, 0.3) is 11.0 Å². The molecule has 20 heavy (non-hydrogen) atoms. The van der Waals surface area contributed by atoms with Crippen LogP contribution in [0.15, 0.2) is 44.5 Å². The number of benzene rings is 1. The summed E-state index contributed by atoms with van der Waals surface area (Å²) in [5, 5.41) is 1.40. The van der Waals surface area contributed by atoms with Crippen molar-refractivity contribution in [2.75, 3.05) is 0 Å². The molecule has 100 valence electrons. The second-order valence-electron chi connectivity index (χ2n) is 4.31. The number of aromatic nitrogens is 2. The lowest BCUT2D eigenvalue weighted by atomic mass is 10.1. The Kier molecular flexibility index (Phi) is 3.15. The van der Waals surface area contributed by atoms with Crippen molar-refractivity contribution < 1.29 is 4.42 Å². The maximum absolute atomic E-state index is 12.0. The van der Waals surface area contributed by atoms with E-state index < -0.39 is 5.63 Å². The smallest absolute Gasteiger partial charge is 0.345 e. The number of aliphatic imine (C=N–C) groups is 1. The molecule has 0 spiro atoms. The normalized spacial score (nSPS) is 12.0. The van der Waals surface area contributed by atoms with Gasteiger partial charge in [-0.3, -0.25) is 0 Å². The van der Waals surface area contributed by atoms with Gasteiger partial charge in [-0.1, -0.05) is 18.2 Å². The van der Waals surface area contributed by atoms with Gasteiger partial charge in [-0.05, 0) is 26.0 Å². The Balaban J connectivity index is 2.11. The summed E-state index contributed by atoms with van der Waals surface area (Å²) < 4.78 is 9.35. The molecule has 0 atom stereocenters. The first-order valence-electron chi connectivity index (χ1n) is 6.02. The van der Waals surface area contributed by atoms with Gasteiger partial charge in [-0.15, -0.1) is 0 Å². The van der Waals surface area contributed by atoms with Crippen molar-refractivity contribution >= 4 is 33.3 Å². The number of fused-ring (bicyclic) bond motifs is 1. The highest BCUT2D eigenvalue weighted by Gasteiger charge is 2.09. The fourth-order valence-corrected chi connectivity index (χ4v) is 2.45. The molecule has 0 saturated heterocycles. The van der Waals surface area contributed by atoms with Crippen LogP contribution in [0, 0.1) is 6.92 Å². The summed E-state index contributed by atoms with van der Waals surface area (Å²) in [6.07, 6.45) is 0. The molecule has 0 unspecified atom stereocenters. The molecular weight excluding hydrogens is 274 g/mol. The molecule has 6 heteroatoms. The van der Waals surface area contributed by atoms with Crippen LogP contribution in [0.3, 0.4) is 0 Å². The lowest BCUT2D eigenvalue weighted by Gasteiger charge is -2.00. The topological polar surface area (TPSA) is 68.3 Å². The second-order valence-corrected chi connectivity index (χ2v) is 5.04. The molecule has 5 nitrogen and oxygen atoms in total. The van der Waals surface area contributed by atoms with Crippen LogP contribution in [-0.4, -0.2) is 15.1 Å². The number of rotatable bonds is 2. The fourth-order valence-electron chi connectivity index (χ4n) is 1.85. The van der Waals surface area contributed by atoms with Gasteiger partial charge in [-0.25, -0.2) is 14.8 Å². The predicted molar refractivity (Wildman–Crippen MR) is 79.0 cm³/mol. The highest BCUT2D eigenvalue weighted by Crippen LogP contribution is 2.17. The van der Waals surface area contributed by atoms with Gasteiger partial charge in [0.25, 0.3) is 0 Å². The second kappa shape index (κ2) is 4.97. The van der Waals surface area contributed by atoms with E-state index in [1.807, 2.05) is 18.2 Å². The number of hydrogen-bond donors (Lipinski definition) is 0. The Morgan fingerprint density at radius 2 is 2.15 bits per heavy atom. The maximum atomic E-state index is 12.0. The Hall–Kier alpha value is -2.34. The van der Waals surface area contributed by atoms with E-state index in [2.05, 4.69) is 14.3 Å². The van der Waals surface area contributed by atoms with E-state index in [0.29, 0.717) is 27.8 Å². The van der Waals surface area contributed by atoms with Crippen molar-refractivity contribution in [1.82, 2.24) is 9.36 Å². The van der Waals surface area contributed by atoms with Gasteiger partial charge < -0.3 is 4.42 Å². The minimum atomic E-state index is -0.397. The lowest BCUT2D eigenvalue weighted by molar-refractivity contribution is 0.559. The molecule has 0 amide bonds. The first kappa shape index (κ1) is 12.7. The molecule has 0 radical (unpaired) electrons. The zero-order valence-corrected chi connectivity index (χ0v) is 11.8. The number of para-hydroxylation sites is 1. The van der Waals surface area contributed by atoms with Crippen LogP contribution < -0.4 is 5.63 Å². The summed E-state index contributed by atoms with van der Waals surface area (Å²) in [4.78, 5) is 20.5. The van der Waals surface area contributed by atoms with Gasteiger partial charge in [0.2, 0.25) is 5.13 Å². The van der Waals surface area contributed by atoms with Crippen molar-refractivity contribution in [2.45, 2.75) is 13.8 Å². The van der Waals surface area contributed by atoms with E-state index in [1.165, 1.54) is 11.5 Å². The van der Waals surface area contributed by atoms with Crippen molar-refractivity contribution in [3.8, 4) is 0 Å². The van der Waals surface area contributed by atoms with Crippen molar-refractivity contribution in [1.29, 1.82) is 0 Å². The molecule has 1 aromatic carbocycles. The third-order valence-electron chi connectivity index (χ3n) is 2.81. The molecule has 0 aliphatic rings. The molecule has 0 N–H and O–H groups in total. The standard InChI is InChI=1S/C14H11N3O2S/c1-8(15-14-16-9(2)17-20-14)11-7-10-5-3-4-6-12(10)19-13(11)18/h3-7H,1-2H3/b15-8+. The molecule has 0 aliphatic carbocycles. The van der Waals surface area contributed by atoms with Gasteiger partial charge in [0.1, 0.15) is 11.4 Å². The zero-order chi connectivity index (χ0) is 14.1. The van der Waals surface area contributed by atoms with Crippen molar-refractivity contribution in [3.05, 3.63) is 52.1 Å². The van der Waals surface area contributed by atoms with Crippen LogP contribution in [0.1, 0.15) is 18.3 Å². The van der Waals surface area contributed by atoms with E-state index in [1.54, 1.807) is 26.0 Å². The van der Waals surface area contributed by atoms with Crippen LogP contribution in [-0.2, 0) is 0 Å².